The van der Waals surface area contributed by atoms with Crippen molar-refractivity contribution in [3.8, 4) is 0 Å². The standard InChI is InChI=1S/C18H22N6O/c25-18-5-3-6-19-24(18)13-12-21-8-10-22(11-9-21)14-16-15-23-7-2-1-4-17(23)20-16/h1-7,15H,8-14H2. The second kappa shape index (κ2) is 7.16. The van der Waals surface area contributed by atoms with Crippen molar-refractivity contribution in [3.63, 3.8) is 0 Å². The van der Waals surface area contributed by atoms with E-state index in [1.165, 1.54) is 4.68 Å². The number of imidazole rings is 1. The fraction of sp³-hybridized carbons (Fsp3) is 0.389. The molecule has 130 valence electrons. The Morgan fingerprint density at radius 1 is 0.960 bits per heavy atom. The van der Waals surface area contributed by atoms with Gasteiger partial charge in [0.2, 0.25) is 0 Å². The number of piperazine rings is 1. The molecule has 0 radical (unpaired) electrons. The Labute approximate surface area is 146 Å². The maximum atomic E-state index is 11.7. The van der Waals surface area contributed by atoms with Crippen LogP contribution < -0.4 is 5.56 Å². The van der Waals surface area contributed by atoms with Crippen LogP contribution in [0.25, 0.3) is 5.65 Å². The lowest BCUT2D eigenvalue weighted by molar-refractivity contribution is 0.122. The van der Waals surface area contributed by atoms with Crippen molar-refractivity contribution in [2.45, 2.75) is 13.1 Å². The third-order valence-corrected chi connectivity index (χ3v) is 4.68. The van der Waals surface area contributed by atoms with E-state index in [1.54, 1.807) is 18.3 Å². The molecule has 1 aliphatic rings. The molecule has 0 unspecified atom stereocenters. The Hall–Kier alpha value is -2.51. The third-order valence-electron chi connectivity index (χ3n) is 4.68. The van der Waals surface area contributed by atoms with Crippen molar-refractivity contribution in [3.05, 3.63) is 65.0 Å². The van der Waals surface area contributed by atoms with Crippen LogP contribution in [0.1, 0.15) is 5.69 Å². The molecule has 25 heavy (non-hydrogen) atoms. The first-order valence-corrected chi connectivity index (χ1v) is 8.67. The monoisotopic (exact) mass is 338 g/mol. The summed E-state index contributed by atoms with van der Waals surface area (Å²) in [6, 6.07) is 9.29. The van der Waals surface area contributed by atoms with Crippen molar-refractivity contribution in [1.82, 2.24) is 29.0 Å². The quantitative estimate of drug-likeness (QED) is 0.686. The zero-order valence-electron chi connectivity index (χ0n) is 14.2. The van der Waals surface area contributed by atoms with Gasteiger partial charge >= 0.3 is 0 Å². The first-order valence-electron chi connectivity index (χ1n) is 8.67. The van der Waals surface area contributed by atoms with E-state index in [2.05, 4.69) is 30.5 Å². The summed E-state index contributed by atoms with van der Waals surface area (Å²) in [6.45, 7) is 6.44. The number of hydrogen-bond acceptors (Lipinski definition) is 5. The van der Waals surface area contributed by atoms with E-state index < -0.39 is 0 Å². The van der Waals surface area contributed by atoms with Gasteiger partial charge in [0, 0.05) is 63.9 Å². The molecule has 0 atom stereocenters. The smallest absolute Gasteiger partial charge is 0.266 e. The molecule has 7 heteroatoms. The molecule has 4 rings (SSSR count). The highest BCUT2D eigenvalue weighted by atomic mass is 16.1. The van der Waals surface area contributed by atoms with Crippen LogP contribution in [0.2, 0.25) is 0 Å². The van der Waals surface area contributed by atoms with Crippen LogP contribution in [-0.2, 0) is 13.1 Å². The number of pyridine rings is 1. The van der Waals surface area contributed by atoms with Crippen molar-refractivity contribution in [2.24, 2.45) is 0 Å². The Balaban J connectivity index is 1.28. The topological polar surface area (TPSA) is 58.7 Å². The van der Waals surface area contributed by atoms with Gasteiger partial charge in [0.25, 0.3) is 5.56 Å². The van der Waals surface area contributed by atoms with E-state index in [0.717, 1.165) is 50.6 Å². The fourth-order valence-corrected chi connectivity index (χ4v) is 3.25. The van der Waals surface area contributed by atoms with Crippen molar-refractivity contribution < 1.29 is 0 Å². The third kappa shape index (κ3) is 3.78. The zero-order valence-corrected chi connectivity index (χ0v) is 14.2. The van der Waals surface area contributed by atoms with Gasteiger partial charge in [-0.15, -0.1) is 0 Å². The first kappa shape index (κ1) is 16.0. The summed E-state index contributed by atoms with van der Waals surface area (Å²) < 4.78 is 3.60. The summed E-state index contributed by atoms with van der Waals surface area (Å²) >= 11 is 0. The molecule has 0 aromatic carbocycles. The van der Waals surface area contributed by atoms with Gasteiger partial charge in [0.1, 0.15) is 5.65 Å². The van der Waals surface area contributed by atoms with Gasteiger partial charge in [0.15, 0.2) is 0 Å². The lowest BCUT2D eigenvalue weighted by atomic mass is 10.3. The fourth-order valence-electron chi connectivity index (χ4n) is 3.25. The molecule has 0 spiro atoms. The Bertz CT molecular complexity index is 860. The van der Waals surface area contributed by atoms with Crippen LogP contribution in [0.5, 0.6) is 0 Å². The summed E-state index contributed by atoms with van der Waals surface area (Å²) in [5.41, 5.74) is 2.07. The van der Waals surface area contributed by atoms with Gasteiger partial charge in [-0.2, -0.15) is 5.10 Å². The first-order chi connectivity index (χ1) is 12.3. The summed E-state index contributed by atoms with van der Waals surface area (Å²) in [4.78, 5) is 21.2. The SMILES string of the molecule is O=c1cccnn1CCN1CCN(Cc2cn3ccccc3n2)CC1. The van der Waals surface area contributed by atoms with E-state index in [4.69, 9.17) is 0 Å². The minimum absolute atomic E-state index is 0.0343. The normalized spacial score (nSPS) is 16.5. The predicted octanol–water partition coefficient (Wildman–Crippen LogP) is 0.709. The molecule has 3 aromatic heterocycles. The molecule has 1 aliphatic heterocycles. The Kier molecular flexibility index (Phi) is 4.58. The number of aromatic nitrogens is 4. The van der Waals surface area contributed by atoms with Crippen molar-refractivity contribution >= 4 is 5.65 Å². The Morgan fingerprint density at radius 3 is 2.60 bits per heavy atom. The molecule has 0 aliphatic carbocycles. The number of nitrogens with zero attached hydrogens (tertiary/aromatic N) is 6. The molecule has 0 N–H and O–H groups in total. The van der Waals surface area contributed by atoms with Gasteiger partial charge < -0.3 is 4.40 Å². The van der Waals surface area contributed by atoms with Crippen LogP contribution in [0.4, 0.5) is 0 Å². The van der Waals surface area contributed by atoms with Crippen LogP contribution >= 0.6 is 0 Å². The van der Waals surface area contributed by atoms with Gasteiger partial charge in [-0.3, -0.25) is 14.6 Å². The maximum absolute atomic E-state index is 11.7. The lowest BCUT2D eigenvalue weighted by Crippen LogP contribution is -2.47. The number of fused-ring (bicyclic) bond motifs is 1. The van der Waals surface area contributed by atoms with Gasteiger partial charge in [-0.1, -0.05) is 6.07 Å². The molecular formula is C18H22N6O. The van der Waals surface area contributed by atoms with E-state index >= 15 is 0 Å². The lowest BCUT2D eigenvalue weighted by Gasteiger charge is -2.34. The van der Waals surface area contributed by atoms with E-state index in [-0.39, 0.29) is 5.56 Å². The number of rotatable bonds is 5. The molecule has 0 bridgehead atoms. The molecule has 0 saturated carbocycles. The van der Waals surface area contributed by atoms with Crippen LogP contribution in [0.15, 0.2) is 53.7 Å². The van der Waals surface area contributed by atoms with E-state index in [9.17, 15) is 4.79 Å². The molecule has 4 heterocycles. The Morgan fingerprint density at radius 2 is 1.80 bits per heavy atom. The highest BCUT2D eigenvalue weighted by Gasteiger charge is 2.17. The van der Waals surface area contributed by atoms with Gasteiger partial charge in [-0.25, -0.2) is 9.67 Å². The molecule has 1 saturated heterocycles. The van der Waals surface area contributed by atoms with Crippen LogP contribution in [0.3, 0.4) is 0 Å². The minimum atomic E-state index is -0.0343. The molecule has 0 amide bonds. The molecular weight excluding hydrogens is 316 g/mol. The second-order valence-corrected chi connectivity index (χ2v) is 6.40. The molecule has 1 fully saturated rings. The molecule has 7 nitrogen and oxygen atoms in total. The predicted molar refractivity (Wildman–Crippen MR) is 95.4 cm³/mol. The average molecular weight is 338 g/mol. The summed E-state index contributed by atoms with van der Waals surface area (Å²) in [6.07, 6.45) is 5.80. The molecule has 3 aromatic rings. The van der Waals surface area contributed by atoms with Crippen molar-refractivity contribution in [2.75, 3.05) is 32.7 Å². The summed E-state index contributed by atoms with van der Waals surface area (Å²) in [5.74, 6) is 0. The maximum Gasteiger partial charge on any atom is 0.266 e. The summed E-state index contributed by atoms with van der Waals surface area (Å²) in [7, 11) is 0. The van der Waals surface area contributed by atoms with E-state index in [0.29, 0.717) is 6.54 Å². The van der Waals surface area contributed by atoms with Crippen LogP contribution in [-0.4, -0.2) is 61.7 Å². The highest BCUT2D eigenvalue weighted by molar-refractivity contribution is 5.39. The number of hydrogen-bond donors (Lipinski definition) is 0. The van der Waals surface area contributed by atoms with Crippen molar-refractivity contribution in [1.29, 1.82) is 0 Å². The van der Waals surface area contributed by atoms with Crippen LogP contribution in [0, 0.1) is 0 Å². The highest BCUT2D eigenvalue weighted by Crippen LogP contribution is 2.10. The van der Waals surface area contributed by atoms with Gasteiger partial charge in [-0.05, 0) is 18.2 Å². The van der Waals surface area contributed by atoms with Gasteiger partial charge in [0.05, 0.1) is 12.2 Å². The summed E-state index contributed by atoms with van der Waals surface area (Å²) in [5, 5.41) is 4.11. The zero-order chi connectivity index (χ0) is 17.1. The van der Waals surface area contributed by atoms with E-state index in [1.807, 2.05) is 24.4 Å². The largest absolute Gasteiger partial charge is 0.307 e. The second-order valence-electron chi connectivity index (χ2n) is 6.40. The minimum Gasteiger partial charge on any atom is -0.307 e. The average Bonchev–Trinajstić information content (AvgIpc) is 3.04.